The molecule has 0 aliphatic heterocycles. The van der Waals surface area contributed by atoms with Crippen molar-refractivity contribution in [2.24, 2.45) is 0 Å². The lowest BCUT2D eigenvalue weighted by molar-refractivity contribution is -0.385. The number of carbonyl (C=O) groups excluding carboxylic acids is 2. The van der Waals surface area contributed by atoms with Crippen LogP contribution in [0.2, 0.25) is 0 Å². The predicted octanol–water partition coefficient (Wildman–Crippen LogP) is 3.26. The van der Waals surface area contributed by atoms with E-state index in [0.29, 0.717) is 11.1 Å². The second-order valence-corrected chi connectivity index (χ2v) is 5.37. The molecule has 0 aliphatic rings. The molecule has 0 unspecified atom stereocenters. The summed E-state index contributed by atoms with van der Waals surface area (Å²) in [5, 5.41) is 29.3. The Morgan fingerprint density at radius 1 is 0.923 bits per heavy atom. The van der Waals surface area contributed by atoms with E-state index in [1.807, 2.05) is 0 Å². The molecule has 0 heterocycles. The van der Waals surface area contributed by atoms with Crippen molar-refractivity contribution in [1.29, 1.82) is 0 Å². The minimum Gasteiger partial charge on any atom is -0.508 e. The van der Waals surface area contributed by atoms with Gasteiger partial charge in [-0.1, -0.05) is 30.4 Å². The first-order chi connectivity index (χ1) is 12.3. The Balaban J connectivity index is 1.96. The molecule has 0 fully saturated rings. The van der Waals surface area contributed by atoms with Crippen LogP contribution in [0.25, 0.3) is 12.2 Å². The number of hydrogen-bond donors (Lipinski definition) is 2. The highest BCUT2D eigenvalue weighted by Gasteiger charge is 2.12. The Labute approximate surface area is 148 Å². The van der Waals surface area contributed by atoms with Crippen LogP contribution in [-0.2, 0) is 9.59 Å². The second-order valence-electron chi connectivity index (χ2n) is 5.37. The van der Waals surface area contributed by atoms with E-state index in [9.17, 15) is 29.9 Å². The molecule has 0 bridgehead atoms. The van der Waals surface area contributed by atoms with Crippen molar-refractivity contribution < 1.29 is 24.7 Å². The lowest BCUT2D eigenvalue weighted by atomic mass is 10.1. The first kappa shape index (κ1) is 18.6. The van der Waals surface area contributed by atoms with Crippen molar-refractivity contribution in [1.82, 2.24) is 0 Å². The van der Waals surface area contributed by atoms with Gasteiger partial charge >= 0.3 is 5.69 Å². The van der Waals surface area contributed by atoms with Crippen LogP contribution in [0.3, 0.4) is 0 Å². The standard InChI is InChI=1S/C19H15NO6/c21-15-6-1-13(2-7-15)3-8-16(22)12-17(23)9-4-14-5-10-19(24)18(11-14)20(25)26/h1-11,21,24H,12H2. The number of nitrogens with zero attached hydrogens (tertiary/aromatic N) is 1. The van der Waals surface area contributed by atoms with Crippen LogP contribution in [0.5, 0.6) is 11.5 Å². The molecule has 0 saturated carbocycles. The molecular formula is C19H15NO6. The van der Waals surface area contributed by atoms with Gasteiger partial charge in [-0.25, -0.2) is 0 Å². The number of aromatic hydroxyl groups is 2. The third-order valence-electron chi connectivity index (χ3n) is 3.36. The van der Waals surface area contributed by atoms with E-state index in [-0.39, 0.29) is 12.2 Å². The van der Waals surface area contributed by atoms with Gasteiger partial charge in [0.05, 0.1) is 11.3 Å². The number of hydrogen-bond acceptors (Lipinski definition) is 6. The summed E-state index contributed by atoms with van der Waals surface area (Å²) < 4.78 is 0. The minimum absolute atomic E-state index is 0.114. The quantitative estimate of drug-likeness (QED) is 0.341. The van der Waals surface area contributed by atoms with Crippen LogP contribution in [0.1, 0.15) is 17.5 Å². The van der Waals surface area contributed by atoms with Gasteiger partial charge in [-0.3, -0.25) is 19.7 Å². The van der Waals surface area contributed by atoms with E-state index < -0.39 is 27.9 Å². The van der Waals surface area contributed by atoms with E-state index in [1.54, 1.807) is 12.1 Å². The largest absolute Gasteiger partial charge is 0.508 e. The van der Waals surface area contributed by atoms with Gasteiger partial charge in [0.25, 0.3) is 0 Å². The topological polar surface area (TPSA) is 118 Å². The number of allylic oxidation sites excluding steroid dienone is 2. The summed E-state index contributed by atoms with van der Waals surface area (Å²) in [7, 11) is 0. The smallest absolute Gasteiger partial charge is 0.311 e. The molecule has 0 aliphatic carbocycles. The number of ketones is 2. The lowest BCUT2D eigenvalue weighted by Gasteiger charge is -1.97. The van der Waals surface area contributed by atoms with E-state index in [1.165, 1.54) is 36.4 Å². The molecule has 0 amide bonds. The highest BCUT2D eigenvalue weighted by atomic mass is 16.6. The van der Waals surface area contributed by atoms with Crippen LogP contribution >= 0.6 is 0 Å². The van der Waals surface area contributed by atoms with E-state index in [2.05, 4.69) is 0 Å². The number of carbonyl (C=O) groups is 2. The van der Waals surface area contributed by atoms with Crippen LogP contribution in [0, 0.1) is 10.1 Å². The van der Waals surface area contributed by atoms with Gasteiger partial charge in [-0.15, -0.1) is 0 Å². The predicted molar refractivity (Wildman–Crippen MR) is 95.6 cm³/mol. The highest BCUT2D eigenvalue weighted by Crippen LogP contribution is 2.26. The summed E-state index contributed by atoms with van der Waals surface area (Å²) in [4.78, 5) is 33.6. The number of nitro benzene ring substituents is 1. The van der Waals surface area contributed by atoms with Gasteiger partial charge in [0, 0.05) is 6.07 Å². The average Bonchev–Trinajstić information content (AvgIpc) is 2.60. The zero-order valence-electron chi connectivity index (χ0n) is 13.5. The van der Waals surface area contributed by atoms with Crippen molar-refractivity contribution >= 4 is 29.4 Å². The maximum absolute atomic E-state index is 11.8. The Morgan fingerprint density at radius 2 is 1.46 bits per heavy atom. The molecule has 2 N–H and O–H groups in total. The third-order valence-corrected chi connectivity index (χ3v) is 3.36. The molecule has 7 nitrogen and oxygen atoms in total. The summed E-state index contributed by atoms with van der Waals surface area (Å²) in [6, 6.07) is 9.92. The Bertz CT molecular complexity index is 897. The summed E-state index contributed by atoms with van der Waals surface area (Å²) in [6.07, 6.45) is 4.95. The van der Waals surface area contributed by atoms with E-state index >= 15 is 0 Å². The number of rotatable bonds is 7. The average molecular weight is 353 g/mol. The van der Waals surface area contributed by atoms with Gasteiger partial charge in [0.1, 0.15) is 5.75 Å². The van der Waals surface area contributed by atoms with Crippen molar-refractivity contribution in [3.05, 3.63) is 75.9 Å². The normalized spacial score (nSPS) is 11.1. The van der Waals surface area contributed by atoms with Crippen molar-refractivity contribution in [3.8, 4) is 11.5 Å². The molecule has 2 aromatic rings. The van der Waals surface area contributed by atoms with Crippen LogP contribution in [0.15, 0.2) is 54.6 Å². The summed E-state index contributed by atoms with van der Waals surface area (Å²) in [6.45, 7) is 0. The van der Waals surface area contributed by atoms with Crippen LogP contribution in [0.4, 0.5) is 5.69 Å². The zero-order chi connectivity index (χ0) is 19.1. The molecule has 7 heteroatoms. The summed E-state index contributed by atoms with van der Waals surface area (Å²) in [5.41, 5.74) is 0.595. The number of benzene rings is 2. The van der Waals surface area contributed by atoms with Crippen molar-refractivity contribution in [3.63, 3.8) is 0 Å². The SMILES string of the molecule is O=C(C=Cc1ccc(O)cc1)CC(=O)C=Cc1ccc(O)c([N+](=O)[O-])c1. The first-order valence-electron chi connectivity index (χ1n) is 7.53. The fraction of sp³-hybridized carbons (Fsp3) is 0.0526. The first-order valence-corrected chi connectivity index (χ1v) is 7.53. The summed E-state index contributed by atoms with van der Waals surface area (Å²) >= 11 is 0. The molecule has 0 radical (unpaired) electrons. The van der Waals surface area contributed by atoms with Crippen molar-refractivity contribution in [2.45, 2.75) is 6.42 Å². The molecule has 132 valence electrons. The molecule has 0 aromatic heterocycles. The lowest BCUT2D eigenvalue weighted by Crippen LogP contribution is -2.01. The minimum atomic E-state index is -0.730. The highest BCUT2D eigenvalue weighted by molar-refractivity contribution is 6.10. The molecule has 0 saturated heterocycles. The van der Waals surface area contributed by atoms with Crippen molar-refractivity contribution in [2.75, 3.05) is 0 Å². The van der Waals surface area contributed by atoms with Gasteiger partial charge in [0.2, 0.25) is 0 Å². The van der Waals surface area contributed by atoms with Crippen LogP contribution in [-0.4, -0.2) is 26.7 Å². The number of phenols is 2. The Morgan fingerprint density at radius 3 is 2.04 bits per heavy atom. The fourth-order valence-corrected chi connectivity index (χ4v) is 2.04. The zero-order valence-corrected chi connectivity index (χ0v) is 13.5. The molecule has 2 rings (SSSR count). The third kappa shape index (κ3) is 5.41. The maximum atomic E-state index is 11.8. The van der Waals surface area contributed by atoms with E-state index in [0.717, 1.165) is 18.2 Å². The molecule has 0 atom stereocenters. The number of phenolic OH excluding ortho intramolecular Hbond substituents is 2. The fourth-order valence-electron chi connectivity index (χ4n) is 2.04. The van der Waals surface area contributed by atoms with Gasteiger partial charge in [-0.05, 0) is 41.5 Å². The second kappa shape index (κ2) is 8.39. The summed E-state index contributed by atoms with van der Waals surface area (Å²) in [5.74, 6) is -1.21. The van der Waals surface area contributed by atoms with E-state index in [4.69, 9.17) is 0 Å². The molecule has 0 spiro atoms. The van der Waals surface area contributed by atoms with Gasteiger partial charge in [0.15, 0.2) is 17.3 Å². The maximum Gasteiger partial charge on any atom is 0.311 e. The van der Waals surface area contributed by atoms with Gasteiger partial charge < -0.3 is 10.2 Å². The van der Waals surface area contributed by atoms with Gasteiger partial charge in [-0.2, -0.15) is 0 Å². The monoisotopic (exact) mass is 353 g/mol. The molecular weight excluding hydrogens is 338 g/mol. The Hall–Kier alpha value is -3.74. The molecule has 2 aromatic carbocycles. The van der Waals surface area contributed by atoms with Crippen LogP contribution < -0.4 is 0 Å². The molecule has 26 heavy (non-hydrogen) atoms. The Kier molecular flexibility index (Phi) is 6.00. The number of nitro groups is 1.